The number of hydrazine groups is 1. The van der Waals surface area contributed by atoms with Crippen molar-refractivity contribution in [2.24, 2.45) is 5.84 Å². The monoisotopic (exact) mass is 367 g/mol. The van der Waals surface area contributed by atoms with Crippen LogP contribution in [0, 0.1) is 10.1 Å². The first-order valence-electron chi connectivity index (χ1n) is 8.14. The number of nitro benzene ring substituents is 1. The zero-order chi connectivity index (χ0) is 19.7. The van der Waals surface area contributed by atoms with E-state index in [1.165, 1.54) is 12.1 Å². The summed E-state index contributed by atoms with van der Waals surface area (Å²) in [4.78, 5) is 33.5. The molecule has 144 valence electrons. The Morgan fingerprint density at radius 1 is 1.23 bits per heavy atom. The third kappa shape index (κ3) is 7.34. The van der Waals surface area contributed by atoms with Crippen LogP contribution < -0.4 is 21.9 Å². The number of unbranched alkanes of at least 4 members (excludes halogenated alkanes) is 1. The maximum Gasteiger partial charge on any atom is 0.407 e. The van der Waals surface area contributed by atoms with Crippen molar-refractivity contribution in [3.63, 3.8) is 0 Å². The summed E-state index contributed by atoms with van der Waals surface area (Å²) in [5, 5.41) is 16.7. The predicted molar refractivity (Wildman–Crippen MR) is 96.7 cm³/mol. The molecule has 0 unspecified atom stereocenters. The van der Waals surface area contributed by atoms with Gasteiger partial charge in [0.2, 0.25) is 0 Å². The van der Waals surface area contributed by atoms with Crippen LogP contribution in [0.5, 0.6) is 0 Å². The van der Waals surface area contributed by atoms with E-state index in [4.69, 9.17) is 10.6 Å². The zero-order valence-electron chi connectivity index (χ0n) is 15.1. The first kappa shape index (κ1) is 21.2. The van der Waals surface area contributed by atoms with Crippen molar-refractivity contribution in [3.05, 3.63) is 33.9 Å². The Balaban J connectivity index is 2.44. The van der Waals surface area contributed by atoms with Crippen molar-refractivity contribution in [1.29, 1.82) is 0 Å². The zero-order valence-corrected chi connectivity index (χ0v) is 15.1. The molecule has 1 rings (SSSR count). The lowest BCUT2D eigenvalue weighted by atomic mass is 10.1. The summed E-state index contributed by atoms with van der Waals surface area (Å²) in [6.45, 7) is 6.26. The number of nitro groups is 1. The van der Waals surface area contributed by atoms with E-state index < -0.39 is 22.5 Å². The standard InChI is InChI=1S/C16H25N5O5/c1-16(2,3)26-15(23)19-9-5-4-8-18-12-7-6-11(14(22)20-17)10-13(12)21(24)25/h6-7,10,18H,4-5,8-9,17H2,1-3H3,(H,19,23)(H,20,22). The molecule has 0 fully saturated rings. The minimum absolute atomic E-state index is 0.103. The molecule has 0 spiro atoms. The molecular formula is C16H25N5O5. The van der Waals surface area contributed by atoms with E-state index in [-0.39, 0.29) is 11.3 Å². The third-order valence-electron chi connectivity index (χ3n) is 3.17. The van der Waals surface area contributed by atoms with Gasteiger partial charge in [-0.25, -0.2) is 10.6 Å². The minimum Gasteiger partial charge on any atom is -0.444 e. The van der Waals surface area contributed by atoms with Gasteiger partial charge in [-0.05, 0) is 45.7 Å². The van der Waals surface area contributed by atoms with Crippen LogP contribution in [0.15, 0.2) is 18.2 Å². The Labute approximate surface area is 151 Å². The fourth-order valence-electron chi connectivity index (χ4n) is 2.03. The van der Waals surface area contributed by atoms with Crippen LogP contribution >= 0.6 is 0 Å². The molecule has 0 aromatic heterocycles. The smallest absolute Gasteiger partial charge is 0.407 e. The summed E-state index contributed by atoms with van der Waals surface area (Å²) >= 11 is 0. The van der Waals surface area contributed by atoms with Crippen molar-refractivity contribution in [3.8, 4) is 0 Å². The summed E-state index contributed by atoms with van der Waals surface area (Å²) in [7, 11) is 0. The van der Waals surface area contributed by atoms with E-state index in [1.54, 1.807) is 20.8 Å². The summed E-state index contributed by atoms with van der Waals surface area (Å²) in [5.74, 6) is 4.42. The van der Waals surface area contributed by atoms with Gasteiger partial charge in [-0.2, -0.15) is 0 Å². The maximum atomic E-state index is 11.5. The number of benzene rings is 1. The lowest BCUT2D eigenvalue weighted by molar-refractivity contribution is -0.384. The SMILES string of the molecule is CC(C)(C)OC(=O)NCCCCNc1ccc(C(=O)NN)cc1[N+](=O)[O-]. The number of anilines is 1. The molecule has 0 aliphatic heterocycles. The normalized spacial score (nSPS) is 10.8. The number of carbonyl (C=O) groups is 2. The second-order valence-electron chi connectivity index (χ2n) is 6.53. The molecule has 26 heavy (non-hydrogen) atoms. The van der Waals surface area contributed by atoms with Crippen LogP contribution in [-0.4, -0.2) is 35.6 Å². The van der Waals surface area contributed by atoms with Crippen LogP contribution in [0.4, 0.5) is 16.2 Å². The quantitative estimate of drug-likeness (QED) is 0.180. The van der Waals surface area contributed by atoms with Gasteiger partial charge >= 0.3 is 6.09 Å². The van der Waals surface area contributed by atoms with Crippen LogP contribution in [0.3, 0.4) is 0 Å². The first-order chi connectivity index (χ1) is 12.1. The Bertz CT molecular complexity index is 657. The molecule has 0 saturated carbocycles. The summed E-state index contributed by atoms with van der Waals surface area (Å²) < 4.78 is 5.11. The Morgan fingerprint density at radius 3 is 2.46 bits per heavy atom. The number of hydrogen-bond acceptors (Lipinski definition) is 7. The van der Waals surface area contributed by atoms with Gasteiger partial charge in [0.05, 0.1) is 4.92 Å². The number of amides is 2. The highest BCUT2D eigenvalue weighted by atomic mass is 16.6. The number of rotatable bonds is 8. The number of nitrogens with two attached hydrogens (primary N) is 1. The van der Waals surface area contributed by atoms with Crippen molar-refractivity contribution in [1.82, 2.24) is 10.7 Å². The second kappa shape index (κ2) is 9.56. The van der Waals surface area contributed by atoms with Gasteiger partial charge in [0.1, 0.15) is 11.3 Å². The molecule has 1 aromatic carbocycles. The molecule has 0 aliphatic rings. The topological polar surface area (TPSA) is 149 Å². The molecule has 0 radical (unpaired) electrons. The van der Waals surface area contributed by atoms with Crippen molar-refractivity contribution < 1.29 is 19.2 Å². The molecule has 10 nitrogen and oxygen atoms in total. The highest BCUT2D eigenvalue weighted by Crippen LogP contribution is 2.25. The largest absolute Gasteiger partial charge is 0.444 e. The van der Waals surface area contributed by atoms with Crippen LogP contribution in [0.25, 0.3) is 0 Å². The minimum atomic E-state index is -0.604. The van der Waals surface area contributed by atoms with Gasteiger partial charge in [-0.3, -0.25) is 20.3 Å². The van der Waals surface area contributed by atoms with E-state index in [2.05, 4.69) is 10.6 Å². The van der Waals surface area contributed by atoms with Gasteiger partial charge in [0.15, 0.2) is 0 Å². The molecule has 2 amide bonds. The summed E-state index contributed by atoms with van der Waals surface area (Å²) in [6.07, 6.45) is 0.876. The van der Waals surface area contributed by atoms with Crippen LogP contribution in [-0.2, 0) is 4.74 Å². The highest BCUT2D eigenvalue weighted by molar-refractivity contribution is 5.95. The number of alkyl carbamates (subject to hydrolysis) is 1. The lowest BCUT2D eigenvalue weighted by Gasteiger charge is -2.19. The summed E-state index contributed by atoms with van der Waals surface area (Å²) in [6, 6.07) is 4.07. The van der Waals surface area contributed by atoms with Crippen molar-refractivity contribution in [2.75, 3.05) is 18.4 Å². The van der Waals surface area contributed by atoms with Gasteiger partial charge in [0.25, 0.3) is 11.6 Å². The highest BCUT2D eigenvalue weighted by Gasteiger charge is 2.17. The van der Waals surface area contributed by atoms with E-state index in [9.17, 15) is 19.7 Å². The third-order valence-corrected chi connectivity index (χ3v) is 3.17. The molecule has 10 heteroatoms. The van der Waals surface area contributed by atoms with Gasteiger partial charge in [-0.1, -0.05) is 0 Å². The number of ether oxygens (including phenoxy) is 1. The number of nitrogens with zero attached hydrogens (tertiary/aromatic N) is 1. The van der Waals surface area contributed by atoms with E-state index in [0.29, 0.717) is 31.6 Å². The number of nitrogens with one attached hydrogen (secondary N) is 3. The molecule has 5 N–H and O–H groups in total. The van der Waals surface area contributed by atoms with Gasteiger partial charge in [-0.15, -0.1) is 0 Å². The predicted octanol–water partition coefficient (Wildman–Crippen LogP) is 1.92. The summed E-state index contributed by atoms with van der Waals surface area (Å²) in [5.41, 5.74) is 1.59. The molecule has 0 aliphatic carbocycles. The maximum absolute atomic E-state index is 11.5. The molecule has 1 aromatic rings. The fourth-order valence-corrected chi connectivity index (χ4v) is 2.03. The Hall–Kier alpha value is -2.88. The number of hydrogen-bond donors (Lipinski definition) is 4. The second-order valence-corrected chi connectivity index (χ2v) is 6.53. The first-order valence-corrected chi connectivity index (χ1v) is 8.14. The Morgan fingerprint density at radius 2 is 1.88 bits per heavy atom. The molecule has 0 bridgehead atoms. The number of carbonyl (C=O) groups excluding carboxylic acids is 2. The average Bonchev–Trinajstić information content (AvgIpc) is 2.55. The lowest BCUT2D eigenvalue weighted by Crippen LogP contribution is -2.33. The molecule has 0 heterocycles. The van der Waals surface area contributed by atoms with Crippen LogP contribution in [0.2, 0.25) is 0 Å². The van der Waals surface area contributed by atoms with E-state index in [1.807, 2.05) is 5.43 Å². The number of nitrogen functional groups attached to an aromatic ring is 1. The molecular weight excluding hydrogens is 342 g/mol. The molecule has 0 saturated heterocycles. The average molecular weight is 367 g/mol. The van der Waals surface area contributed by atoms with Crippen molar-refractivity contribution >= 4 is 23.4 Å². The van der Waals surface area contributed by atoms with Gasteiger partial charge < -0.3 is 15.4 Å². The fraction of sp³-hybridized carbons (Fsp3) is 0.500. The van der Waals surface area contributed by atoms with Crippen molar-refractivity contribution in [2.45, 2.75) is 39.2 Å². The van der Waals surface area contributed by atoms with Crippen LogP contribution in [0.1, 0.15) is 44.0 Å². The van der Waals surface area contributed by atoms with Gasteiger partial charge in [0, 0.05) is 24.7 Å². The Kier molecular flexibility index (Phi) is 7.78. The van der Waals surface area contributed by atoms with E-state index in [0.717, 1.165) is 6.07 Å². The van der Waals surface area contributed by atoms with E-state index >= 15 is 0 Å². The molecule has 0 atom stereocenters.